The van der Waals surface area contributed by atoms with Gasteiger partial charge in [-0.25, -0.2) is 4.79 Å². The van der Waals surface area contributed by atoms with Gasteiger partial charge in [-0.1, -0.05) is 6.07 Å². The van der Waals surface area contributed by atoms with Gasteiger partial charge in [-0.15, -0.1) is 0 Å². The maximum absolute atomic E-state index is 10.7. The molecule has 1 rings (SSSR count). The van der Waals surface area contributed by atoms with Crippen LogP contribution in [0.25, 0.3) is 0 Å². The van der Waals surface area contributed by atoms with Crippen LogP contribution >= 0.6 is 0 Å². The van der Waals surface area contributed by atoms with Crippen LogP contribution in [0.15, 0.2) is 18.2 Å². The molecular formula is C13H18O4. The van der Waals surface area contributed by atoms with Crippen molar-refractivity contribution < 1.29 is 19.4 Å². The Labute approximate surface area is 101 Å². The van der Waals surface area contributed by atoms with Crippen molar-refractivity contribution in [3.05, 3.63) is 23.8 Å². The molecule has 0 fully saturated rings. The van der Waals surface area contributed by atoms with Crippen molar-refractivity contribution in [2.75, 3.05) is 0 Å². The summed E-state index contributed by atoms with van der Waals surface area (Å²) in [4.78, 5) is 10.7. The second kappa shape index (κ2) is 5.57. The Kier molecular flexibility index (Phi) is 4.37. The highest BCUT2D eigenvalue weighted by Crippen LogP contribution is 2.25. The zero-order valence-corrected chi connectivity index (χ0v) is 10.6. The Morgan fingerprint density at radius 1 is 1.24 bits per heavy atom. The standard InChI is InChI=1S/C13H18O4/c1-8(2)16-11-6-5-9(3)12(7-11)17-10(4)13(14)15/h5-8,10H,1-4H3,(H,14,15). The molecule has 0 bridgehead atoms. The van der Waals surface area contributed by atoms with E-state index in [-0.39, 0.29) is 6.10 Å². The summed E-state index contributed by atoms with van der Waals surface area (Å²) in [5, 5.41) is 8.79. The normalized spacial score (nSPS) is 12.3. The summed E-state index contributed by atoms with van der Waals surface area (Å²) < 4.78 is 10.9. The molecule has 0 saturated carbocycles. The topological polar surface area (TPSA) is 55.8 Å². The summed E-state index contributed by atoms with van der Waals surface area (Å²) in [6.07, 6.45) is -0.801. The molecule has 0 amide bonds. The lowest BCUT2D eigenvalue weighted by Crippen LogP contribution is -2.23. The molecule has 1 aromatic carbocycles. The quantitative estimate of drug-likeness (QED) is 0.856. The van der Waals surface area contributed by atoms with Crippen LogP contribution in [0, 0.1) is 6.92 Å². The Bertz CT molecular complexity index is 398. The van der Waals surface area contributed by atoms with E-state index in [9.17, 15) is 4.79 Å². The van der Waals surface area contributed by atoms with Gasteiger partial charge < -0.3 is 14.6 Å². The molecule has 0 aliphatic heterocycles. The van der Waals surface area contributed by atoms with E-state index in [4.69, 9.17) is 14.6 Å². The van der Waals surface area contributed by atoms with E-state index in [2.05, 4.69) is 0 Å². The third-order valence-electron chi connectivity index (χ3n) is 2.18. The Morgan fingerprint density at radius 2 is 1.88 bits per heavy atom. The van der Waals surface area contributed by atoms with E-state index >= 15 is 0 Å². The summed E-state index contributed by atoms with van der Waals surface area (Å²) in [5.41, 5.74) is 0.884. The van der Waals surface area contributed by atoms with Gasteiger partial charge in [0.1, 0.15) is 11.5 Å². The SMILES string of the molecule is Cc1ccc(OC(C)C)cc1OC(C)C(=O)O. The molecule has 0 aliphatic carbocycles. The average molecular weight is 238 g/mol. The second-order valence-electron chi connectivity index (χ2n) is 4.19. The van der Waals surface area contributed by atoms with E-state index in [1.165, 1.54) is 6.92 Å². The highest BCUT2D eigenvalue weighted by molar-refractivity contribution is 5.72. The van der Waals surface area contributed by atoms with Gasteiger partial charge in [-0.3, -0.25) is 0 Å². The minimum absolute atomic E-state index is 0.0717. The van der Waals surface area contributed by atoms with Gasteiger partial charge in [0.15, 0.2) is 6.10 Å². The predicted molar refractivity (Wildman–Crippen MR) is 64.7 cm³/mol. The number of hydrogen-bond acceptors (Lipinski definition) is 3. The summed E-state index contributed by atoms with van der Waals surface area (Å²) >= 11 is 0. The number of benzene rings is 1. The molecule has 0 aliphatic rings. The minimum Gasteiger partial charge on any atom is -0.491 e. The van der Waals surface area contributed by atoms with E-state index in [1.807, 2.05) is 32.9 Å². The van der Waals surface area contributed by atoms with E-state index in [1.54, 1.807) is 6.07 Å². The van der Waals surface area contributed by atoms with Crippen molar-refractivity contribution in [2.24, 2.45) is 0 Å². The number of carboxylic acids is 1. The molecule has 17 heavy (non-hydrogen) atoms. The highest BCUT2D eigenvalue weighted by Gasteiger charge is 2.14. The lowest BCUT2D eigenvalue weighted by molar-refractivity contribution is -0.144. The van der Waals surface area contributed by atoms with E-state index in [0.717, 1.165) is 5.56 Å². The Balaban J connectivity index is 2.86. The number of carbonyl (C=O) groups is 1. The first-order chi connectivity index (χ1) is 7.90. The number of hydrogen-bond donors (Lipinski definition) is 1. The molecule has 1 N–H and O–H groups in total. The van der Waals surface area contributed by atoms with Crippen LogP contribution in [0.1, 0.15) is 26.3 Å². The molecule has 0 radical (unpaired) electrons. The van der Waals surface area contributed by atoms with Crippen LogP contribution in [-0.4, -0.2) is 23.3 Å². The fourth-order valence-corrected chi connectivity index (χ4v) is 1.29. The smallest absolute Gasteiger partial charge is 0.344 e. The van der Waals surface area contributed by atoms with Gasteiger partial charge >= 0.3 is 5.97 Å². The summed E-state index contributed by atoms with van der Waals surface area (Å²) in [6.45, 7) is 7.22. The van der Waals surface area contributed by atoms with Gasteiger partial charge in [0.2, 0.25) is 0 Å². The molecule has 0 aromatic heterocycles. The van der Waals surface area contributed by atoms with Gasteiger partial charge in [0, 0.05) is 6.07 Å². The zero-order chi connectivity index (χ0) is 13.0. The molecule has 4 nitrogen and oxygen atoms in total. The number of rotatable bonds is 5. The van der Waals surface area contributed by atoms with Crippen LogP contribution in [0.5, 0.6) is 11.5 Å². The van der Waals surface area contributed by atoms with Crippen molar-refractivity contribution in [3.8, 4) is 11.5 Å². The van der Waals surface area contributed by atoms with E-state index < -0.39 is 12.1 Å². The van der Waals surface area contributed by atoms with Gasteiger partial charge in [0.05, 0.1) is 6.10 Å². The van der Waals surface area contributed by atoms with Crippen molar-refractivity contribution >= 4 is 5.97 Å². The maximum Gasteiger partial charge on any atom is 0.344 e. The van der Waals surface area contributed by atoms with Gasteiger partial charge in [-0.05, 0) is 39.3 Å². The summed E-state index contributed by atoms with van der Waals surface area (Å²) in [7, 11) is 0. The van der Waals surface area contributed by atoms with E-state index in [0.29, 0.717) is 11.5 Å². The molecule has 4 heteroatoms. The lowest BCUT2D eigenvalue weighted by Gasteiger charge is -2.15. The Morgan fingerprint density at radius 3 is 2.41 bits per heavy atom. The average Bonchev–Trinajstić information content (AvgIpc) is 2.22. The van der Waals surface area contributed by atoms with Crippen LogP contribution in [-0.2, 0) is 4.79 Å². The molecule has 1 aromatic rings. The second-order valence-corrected chi connectivity index (χ2v) is 4.19. The van der Waals surface area contributed by atoms with Crippen molar-refractivity contribution in [1.82, 2.24) is 0 Å². The monoisotopic (exact) mass is 238 g/mol. The fourth-order valence-electron chi connectivity index (χ4n) is 1.29. The molecule has 0 heterocycles. The molecule has 1 unspecified atom stereocenters. The van der Waals surface area contributed by atoms with Crippen LogP contribution in [0.2, 0.25) is 0 Å². The number of aliphatic carboxylic acids is 1. The summed E-state index contributed by atoms with van der Waals surface area (Å²) in [5.74, 6) is 0.232. The molecular weight excluding hydrogens is 220 g/mol. The van der Waals surface area contributed by atoms with Crippen molar-refractivity contribution in [3.63, 3.8) is 0 Å². The zero-order valence-electron chi connectivity index (χ0n) is 10.6. The number of carboxylic acid groups (broad SMARTS) is 1. The largest absolute Gasteiger partial charge is 0.491 e. The van der Waals surface area contributed by atoms with Crippen molar-refractivity contribution in [2.45, 2.75) is 39.9 Å². The number of aryl methyl sites for hydroxylation is 1. The summed E-state index contributed by atoms with van der Waals surface area (Å²) in [6, 6.07) is 5.41. The fraction of sp³-hybridized carbons (Fsp3) is 0.462. The predicted octanol–water partition coefficient (Wildman–Crippen LogP) is 2.63. The Hall–Kier alpha value is -1.71. The lowest BCUT2D eigenvalue weighted by atomic mass is 10.2. The molecule has 94 valence electrons. The van der Waals surface area contributed by atoms with Gasteiger partial charge in [-0.2, -0.15) is 0 Å². The first-order valence-corrected chi connectivity index (χ1v) is 5.57. The van der Waals surface area contributed by atoms with Gasteiger partial charge in [0.25, 0.3) is 0 Å². The third-order valence-corrected chi connectivity index (χ3v) is 2.18. The third kappa shape index (κ3) is 3.98. The minimum atomic E-state index is -0.986. The first kappa shape index (κ1) is 13.4. The van der Waals surface area contributed by atoms with Crippen LogP contribution in [0.3, 0.4) is 0 Å². The molecule has 0 spiro atoms. The maximum atomic E-state index is 10.7. The first-order valence-electron chi connectivity index (χ1n) is 5.57. The van der Waals surface area contributed by atoms with Crippen LogP contribution in [0.4, 0.5) is 0 Å². The number of ether oxygens (including phenoxy) is 2. The van der Waals surface area contributed by atoms with Crippen molar-refractivity contribution in [1.29, 1.82) is 0 Å². The highest BCUT2D eigenvalue weighted by atomic mass is 16.5. The molecule has 0 saturated heterocycles. The molecule has 1 atom stereocenters. The van der Waals surface area contributed by atoms with Crippen LogP contribution < -0.4 is 9.47 Å².